The summed E-state index contributed by atoms with van der Waals surface area (Å²) in [5.74, 6) is -0.435. The van der Waals surface area contributed by atoms with Crippen molar-refractivity contribution in [2.45, 2.75) is 20.0 Å². The lowest BCUT2D eigenvalue weighted by Gasteiger charge is -2.34. The minimum atomic E-state index is -0.452. The van der Waals surface area contributed by atoms with Crippen molar-refractivity contribution >= 4 is 16.9 Å². The zero-order chi connectivity index (χ0) is 16.6. The molecule has 1 saturated heterocycles. The molecule has 5 nitrogen and oxygen atoms in total. The largest absolute Gasteiger partial charge is 0.448 e. The molecular formula is C17H21FN2O3. The Morgan fingerprint density at radius 3 is 2.65 bits per heavy atom. The molecule has 0 radical (unpaired) electrons. The maximum atomic E-state index is 13.8. The number of halogens is 1. The molecule has 1 aromatic carbocycles. The standard InChI is InChI=1S/C17H21FN2O3/c1-11(21)10-19-6-8-20(9-7-19)17(22)15-12(2)13-4-3-5-14(18)16(13)23-15/h3-5,11,21H,6-10H2,1-2H3. The van der Waals surface area contributed by atoms with Crippen molar-refractivity contribution in [1.29, 1.82) is 0 Å². The van der Waals surface area contributed by atoms with Gasteiger partial charge in [-0.3, -0.25) is 9.69 Å². The van der Waals surface area contributed by atoms with Gasteiger partial charge in [0.15, 0.2) is 17.2 Å². The smallest absolute Gasteiger partial charge is 0.289 e. The number of piperazine rings is 1. The van der Waals surface area contributed by atoms with Crippen molar-refractivity contribution < 1.29 is 18.7 Å². The van der Waals surface area contributed by atoms with Crippen LogP contribution < -0.4 is 0 Å². The highest BCUT2D eigenvalue weighted by molar-refractivity contribution is 5.99. The van der Waals surface area contributed by atoms with E-state index in [9.17, 15) is 14.3 Å². The average molecular weight is 320 g/mol. The second kappa shape index (κ2) is 6.29. The molecule has 0 aliphatic carbocycles. The fraction of sp³-hybridized carbons (Fsp3) is 0.471. The molecule has 1 unspecified atom stereocenters. The third-order valence-corrected chi connectivity index (χ3v) is 4.29. The number of aliphatic hydroxyl groups is 1. The fourth-order valence-electron chi connectivity index (χ4n) is 3.06. The Kier molecular flexibility index (Phi) is 4.37. The molecule has 6 heteroatoms. The second-order valence-corrected chi connectivity index (χ2v) is 6.11. The Balaban J connectivity index is 1.77. The number of fused-ring (bicyclic) bond motifs is 1. The molecule has 1 amide bonds. The molecule has 1 N–H and O–H groups in total. The van der Waals surface area contributed by atoms with E-state index in [0.29, 0.717) is 43.7 Å². The molecule has 1 aliphatic rings. The number of carbonyl (C=O) groups excluding carboxylic acids is 1. The number of amides is 1. The molecular weight excluding hydrogens is 299 g/mol. The van der Waals surface area contributed by atoms with Gasteiger partial charge in [0, 0.05) is 43.7 Å². The molecule has 0 bridgehead atoms. The summed E-state index contributed by atoms with van der Waals surface area (Å²) in [4.78, 5) is 16.5. The van der Waals surface area contributed by atoms with Gasteiger partial charge in [-0.25, -0.2) is 4.39 Å². The molecule has 1 aliphatic heterocycles. The van der Waals surface area contributed by atoms with Gasteiger partial charge in [0.25, 0.3) is 5.91 Å². The van der Waals surface area contributed by atoms with E-state index in [1.165, 1.54) is 6.07 Å². The van der Waals surface area contributed by atoms with Gasteiger partial charge in [-0.1, -0.05) is 12.1 Å². The van der Waals surface area contributed by atoms with Crippen LogP contribution in [-0.4, -0.2) is 59.6 Å². The third-order valence-electron chi connectivity index (χ3n) is 4.29. The number of furan rings is 1. The summed E-state index contributed by atoms with van der Waals surface area (Å²) in [5.41, 5.74) is 0.817. The van der Waals surface area contributed by atoms with E-state index in [-0.39, 0.29) is 23.4 Å². The second-order valence-electron chi connectivity index (χ2n) is 6.11. The zero-order valence-electron chi connectivity index (χ0n) is 13.4. The molecule has 23 heavy (non-hydrogen) atoms. The average Bonchev–Trinajstić information content (AvgIpc) is 2.86. The predicted molar refractivity (Wildman–Crippen MR) is 84.9 cm³/mol. The van der Waals surface area contributed by atoms with Crippen LogP contribution in [0.25, 0.3) is 11.0 Å². The van der Waals surface area contributed by atoms with Crippen LogP contribution >= 0.6 is 0 Å². The van der Waals surface area contributed by atoms with Gasteiger partial charge in [0.05, 0.1) is 6.10 Å². The Bertz CT molecular complexity index is 718. The Morgan fingerprint density at radius 2 is 2.04 bits per heavy atom. The highest BCUT2D eigenvalue weighted by atomic mass is 19.1. The summed E-state index contributed by atoms with van der Waals surface area (Å²) in [6, 6.07) is 4.70. The van der Waals surface area contributed by atoms with Gasteiger partial charge in [-0.05, 0) is 19.9 Å². The van der Waals surface area contributed by atoms with Crippen LogP contribution in [0.5, 0.6) is 0 Å². The van der Waals surface area contributed by atoms with Crippen molar-refractivity contribution in [2.75, 3.05) is 32.7 Å². The Labute approximate surface area is 134 Å². The highest BCUT2D eigenvalue weighted by Gasteiger charge is 2.27. The van der Waals surface area contributed by atoms with Gasteiger partial charge < -0.3 is 14.4 Å². The summed E-state index contributed by atoms with van der Waals surface area (Å²) in [7, 11) is 0. The zero-order valence-corrected chi connectivity index (χ0v) is 13.4. The van der Waals surface area contributed by atoms with E-state index in [2.05, 4.69) is 4.90 Å². The summed E-state index contributed by atoms with van der Waals surface area (Å²) >= 11 is 0. The van der Waals surface area contributed by atoms with Gasteiger partial charge in [-0.15, -0.1) is 0 Å². The Hall–Kier alpha value is -1.92. The van der Waals surface area contributed by atoms with E-state index in [0.717, 1.165) is 0 Å². The molecule has 2 aromatic rings. The predicted octanol–water partition coefficient (Wildman–Crippen LogP) is 2.02. The van der Waals surface area contributed by atoms with Crippen LogP contribution in [0, 0.1) is 12.7 Å². The van der Waals surface area contributed by atoms with E-state index < -0.39 is 5.82 Å². The number of rotatable bonds is 3. The Morgan fingerprint density at radius 1 is 1.35 bits per heavy atom. The number of para-hydroxylation sites is 1. The molecule has 124 valence electrons. The number of aryl methyl sites for hydroxylation is 1. The van der Waals surface area contributed by atoms with Crippen LogP contribution in [-0.2, 0) is 0 Å². The number of hydrogen-bond donors (Lipinski definition) is 1. The quantitative estimate of drug-likeness (QED) is 0.940. The summed E-state index contributed by atoms with van der Waals surface area (Å²) < 4.78 is 19.3. The van der Waals surface area contributed by atoms with E-state index in [1.807, 2.05) is 0 Å². The minimum Gasteiger partial charge on any atom is -0.448 e. The first kappa shape index (κ1) is 16.0. The lowest BCUT2D eigenvalue weighted by atomic mass is 10.1. The monoisotopic (exact) mass is 320 g/mol. The first-order valence-corrected chi connectivity index (χ1v) is 7.84. The van der Waals surface area contributed by atoms with Gasteiger partial charge in [0.1, 0.15) is 0 Å². The number of aliphatic hydroxyl groups excluding tert-OH is 1. The van der Waals surface area contributed by atoms with E-state index in [4.69, 9.17) is 4.42 Å². The summed E-state index contributed by atoms with van der Waals surface area (Å²) in [6.07, 6.45) is -0.377. The number of β-amino-alcohol motifs (C(OH)–C–C–N with tert-alkyl or cyclic N) is 1. The van der Waals surface area contributed by atoms with Crippen molar-refractivity contribution in [3.63, 3.8) is 0 Å². The molecule has 1 aromatic heterocycles. The lowest BCUT2D eigenvalue weighted by molar-refractivity contribution is 0.0529. The maximum Gasteiger partial charge on any atom is 0.289 e. The van der Waals surface area contributed by atoms with E-state index >= 15 is 0 Å². The van der Waals surface area contributed by atoms with Crippen LogP contribution in [0.3, 0.4) is 0 Å². The topological polar surface area (TPSA) is 56.9 Å². The van der Waals surface area contributed by atoms with Crippen molar-refractivity contribution in [2.24, 2.45) is 0 Å². The third kappa shape index (κ3) is 3.09. The minimum absolute atomic E-state index is 0.140. The first-order valence-electron chi connectivity index (χ1n) is 7.84. The van der Waals surface area contributed by atoms with Crippen LogP contribution in [0.4, 0.5) is 4.39 Å². The maximum absolute atomic E-state index is 13.8. The fourth-order valence-corrected chi connectivity index (χ4v) is 3.06. The highest BCUT2D eigenvalue weighted by Crippen LogP contribution is 2.28. The van der Waals surface area contributed by atoms with Gasteiger partial charge in [0.2, 0.25) is 0 Å². The molecule has 0 spiro atoms. The van der Waals surface area contributed by atoms with Crippen molar-refractivity contribution in [3.8, 4) is 0 Å². The number of nitrogens with zero attached hydrogens (tertiary/aromatic N) is 2. The summed E-state index contributed by atoms with van der Waals surface area (Å²) in [6.45, 7) is 6.71. The van der Waals surface area contributed by atoms with Crippen molar-refractivity contribution in [3.05, 3.63) is 35.3 Å². The molecule has 0 saturated carbocycles. The molecule has 2 heterocycles. The van der Waals surface area contributed by atoms with Crippen LogP contribution in [0.1, 0.15) is 23.0 Å². The molecule has 1 atom stereocenters. The number of benzene rings is 1. The van der Waals surface area contributed by atoms with Crippen molar-refractivity contribution in [1.82, 2.24) is 9.80 Å². The molecule has 1 fully saturated rings. The SMILES string of the molecule is Cc1c(C(=O)N2CCN(CC(C)O)CC2)oc2c(F)cccc12. The van der Waals surface area contributed by atoms with Gasteiger partial charge in [-0.2, -0.15) is 0 Å². The normalized spacial score (nSPS) is 17.7. The first-order chi connectivity index (χ1) is 11.0. The van der Waals surface area contributed by atoms with Gasteiger partial charge >= 0.3 is 0 Å². The lowest BCUT2D eigenvalue weighted by Crippen LogP contribution is -2.50. The molecule has 3 rings (SSSR count). The van der Waals surface area contributed by atoms with Crippen LogP contribution in [0.15, 0.2) is 22.6 Å². The number of carbonyl (C=O) groups is 1. The number of hydrogen-bond acceptors (Lipinski definition) is 4. The van der Waals surface area contributed by atoms with Crippen LogP contribution in [0.2, 0.25) is 0 Å². The summed E-state index contributed by atoms with van der Waals surface area (Å²) in [5, 5.41) is 10.1. The van der Waals surface area contributed by atoms with E-state index in [1.54, 1.807) is 30.9 Å².